The van der Waals surface area contributed by atoms with Crippen LogP contribution in [0.3, 0.4) is 0 Å². The van der Waals surface area contributed by atoms with Crippen LogP contribution in [0.4, 0.5) is 0 Å². The van der Waals surface area contributed by atoms with Crippen LogP contribution < -0.4 is 22.3 Å². The lowest BCUT2D eigenvalue weighted by atomic mass is 10.0. The number of carboxylic acid groups (broad SMARTS) is 1. The van der Waals surface area contributed by atoms with Crippen LogP contribution in [0, 0.1) is 0 Å². The van der Waals surface area contributed by atoms with Gasteiger partial charge in [0, 0.05) is 12.3 Å². The number of hydrogen-bond acceptors (Lipinski definition) is 9. The van der Waals surface area contributed by atoms with Crippen molar-refractivity contribution < 1.29 is 34.8 Å². The summed E-state index contributed by atoms with van der Waals surface area (Å²) < 4.78 is 6.06. The van der Waals surface area contributed by atoms with E-state index >= 15 is 0 Å². The zero-order chi connectivity index (χ0) is 20.5. The molecule has 150 valence electrons. The predicted octanol–water partition coefficient (Wildman–Crippen LogP) is -4.57. The quantitative estimate of drug-likeness (QED) is 0.247. The van der Waals surface area contributed by atoms with E-state index in [4.69, 9.17) is 10.5 Å². The number of carbonyl (C=O) groups excluding carboxylic acids is 1. The summed E-state index contributed by atoms with van der Waals surface area (Å²) in [5, 5.41) is 41.0. The molecule has 1 saturated heterocycles. The molecule has 7 atom stereocenters. The molecule has 1 fully saturated rings. The van der Waals surface area contributed by atoms with Crippen LogP contribution in [0.1, 0.15) is 13.2 Å². The number of amides is 1. The number of hydrogen-bond donors (Lipinski definition) is 7. The third-order valence-electron chi connectivity index (χ3n) is 4.12. The average molecular weight is 388 g/mol. The smallest absolute Gasteiger partial charge is 0.330 e. The van der Waals surface area contributed by atoms with Crippen LogP contribution >= 0.6 is 0 Å². The van der Waals surface area contributed by atoms with Crippen LogP contribution in [0.25, 0.3) is 0 Å². The van der Waals surface area contributed by atoms with Crippen molar-refractivity contribution in [1.29, 1.82) is 0 Å². The SMILES string of the molecule is CC(O)C(N)C(=O)NC(C(=O)O)[C@H]1O[C@@H](n2ccc(=O)[nH]c2=O)[C@H](O)[C@@H]1O. The Labute approximate surface area is 151 Å². The van der Waals surface area contributed by atoms with Crippen molar-refractivity contribution in [3.05, 3.63) is 33.1 Å². The minimum absolute atomic E-state index is 0.705. The highest BCUT2D eigenvalue weighted by atomic mass is 16.6. The van der Waals surface area contributed by atoms with Crippen molar-refractivity contribution in [3.8, 4) is 0 Å². The van der Waals surface area contributed by atoms with Crippen LogP contribution in [-0.2, 0) is 14.3 Å². The van der Waals surface area contributed by atoms with Crippen LogP contribution in [0.5, 0.6) is 0 Å². The van der Waals surface area contributed by atoms with Gasteiger partial charge in [-0.1, -0.05) is 0 Å². The number of aromatic nitrogens is 2. The summed E-state index contributed by atoms with van der Waals surface area (Å²) in [7, 11) is 0. The first-order chi connectivity index (χ1) is 12.5. The van der Waals surface area contributed by atoms with Crippen molar-refractivity contribution in [2.24, 2.45) is 5.73 Å². The Balaban J connectivity index is 2.27. The highest BCUT2D eigenvalue weighted by molar-refractivity contribution is 5.87. The van der Waals surface area contributed by atoms with E-state index in [1.807, 2.05) is 10.3 Å². The number of aliphatic hydroxyl groups excluding tert-OH is 3. The number of ether oxygens (including phenoxy) is 1. The standard InChI is InChI=1S/C14H20N4O9/c1-4(19)6(15)11(23)17-7(13(24)25)10-8(21)9(22)12(27-10)18-3-2-5(20)16-14(18)26/h2-4,6-10,12,19,21-22H,15H2,1H3,(H,17,23)(H,24,25)(H,16,20,26)/t4?,6?,7?,8-,9+,10+,12+/m0/s1. The molecule has 2 rings (SSSR count). The number of rotatable bonds is 6. The summed E-state index contributed by atoms with van der Waals surface area (Å²) in [5.41, 5.74) is 3.78. The van der Waals surface area contributed by atoms with E-state index < -0.39 is 65.9 Å². The lowest BCUT2D eigenvalue weighted by molar-refractivity contribution is -0.149. The summed E-state index contributed by atoms with van der Waals surface area (Å²) in [6.45, 7) is 1.23. The summed E-state index contributed by atoms with van der Waals surface area (Å²) in [6.07, 6.45) is -6.96. The number of nitrogens with one attached hydrogen (secondary N) is 2. The van der Waals surface area contributed by atoms with Crippen LogP contribution in [0.15, 0.2) is 21.9 Å². The van der Waals surface area contributed by atoms with Gasteiger partial charge < -0.3 is 36.2 Å². The molecule has 0 aromatic carbocycles. The van der Waals surface area contributed by atoms with Crippen molar-refractivity contribution >= 4 is 11.9 Å². The maximum atomic E-state index is 11.9. The minimum Gasteiger partial charge on any atom is -0.480 e. The Morgan fingerprint density at radius 1 is 1.33 bits per heavy atom. The van der Waals surface area contributed by atoms with Gasteiger partial charge in [0.2, 0.25) is 5.91 Å². The fourth-order valence-corrected chi connectivity index (χ4v) is 2.57. The fourth-order valence-electron chi connectivity index (χ4n) is 2.57. The summed E-state index contributed by atoms with van der Waals surface area (Å²) in [4.78, 5) is 48.3. The van der Waals surface area contributed by atoms with Crippen LogP contribution in [0.2, 0.25) is 0 Å². The summed E-state index contributed by atoms with van der Waals surface area (Å²) in [5.74, 6) is -2.63. The van der Waals surface area contributed by atoms with Gasteiger partial charge >= 0.3 is 11.7 Å². The topological polar surface area (TPSA) is 217 Å². The highest BCUT2D eigenvalue weighted by Gasteiger charge is 2.50. The summed E-state index contributed by atoms with van der Waals surface area (Å²) >= 11 is 0. The highest BCUT2D eigenvalue weighted by Crippen LogP contribution is 2.30. The Morgan fingerprint density at radius 2 is 1.96 bits per heavy atom. The molecule has 0 aliphatic carbocycles. The van der Waals surface area contributed by atoms with Crippen molar-refractivity contribution in [2.75, 3.05) is 0 Å². The molecule has 1 amide bonds. The summed E-state index contributed by atoms with van der Waals surface area (Å²) in [6, 6.07) is -2.31. The van der Waals surface area contributed by atoms with Crippen molar-refractivity contribution in [1.82, 2.24) is 14.9 Å². The van der Waals surface area contributed by atoms with Gasteiger partial charge in [0.05, 0.1) is 6.10 Å². The number of H-pyrrole nitrogens is 1. The lowest BCUT2D eigenvalue weighted by Crippen LogP contribution is -2.58. The Hall–Kier alpha value is -2.58. The largest absolute Gasteiger partial charge is 0.480 e. The second-order valence-corrected chi connectivity index (χ2v) is 6.08. The third-order valence-corrected chi connectivity index (χ3v) is 4.12. The molecule has 2 heterocycles. The number of carboxylic acids is 1. The van der Waals surface area contributed by atoms with Gasteiger partial charge in [-0.15, -0.1) is 0 Å². The van der Waals surface area contributed by atoms with Gasteiger partial charge in [-0.25, -0.2) is 9.59 Å². The van der Waals surface area contributed by atoms with E-state index in [2.05, 4.69) is 0 Å². The zero-order valence-corrected chi connectivity index (χ0v) is 14.1. The molecule has 13 heteroatoms. The van der Waals surface area contributed by atoms with Crippen molar-refractivity contribution in [2.45, 2.75) is 49.7 Å². The molecule has 0 saturated carbocycles. The maximum Gasteiger partial charge on any atom is 0.330 e. The van der Waals surface area contributed by atoms with E-state index in [-0.39, 0.29) is 0 Å². The molecular formula is C14H20N4O9. The van der Waals surface area contributed by atoms with Crippen molar-refractivity contribution in [3.63, 3.8) is 0 Å². The number of carbonyl (C=O) groups is 2. The lowest BCUT2D eigenvalue weighted by Gasteiger charge is -2.25. The second-order valence-electron chi connectivity index (χ2n) is 6.08. The maximum absolute atomic E-state index is 11.9. The van der Waals surface area contributed by atoms with Gasteiger partial charge in [-0.05, 0) is 6.92 Å². The number of nitrogens with zero attached hydrogens (tertiary/aromatic N) is 1. The number of nitrogens with two attached hydrogens (primary N) is 1. The minimum atomic E-state index is -1.84. The van der Waals surface area contributed by atoms with E-state index in [1.165, 1.54) is 6.92 Å². The first-order valence-electron chi connectivity index (χ1n) is 7.84. The molecule has 3 unspecified atom stereocenters. The molecule has 0 bridgehead atoms. The number of aliphatic hydroxyl groups is 3. The number of aliphatic carboxylic acids is 1. The molecule has 0 spiro atoms. The Kier molecular flexibility index (Phi) is 6.12. The molecule has 13 nitrogen and oxygen atoms in total. The third kappa shape index (κ3) is 4.23. The normalized spacial score (nSPS) is 28.3. The molecule has 27 heavy (non-hydrogen) atoms. The molecule has 1 aliphatic rings. The van der Waals surface area contributed by atoms with Gasteiger partial charge in [-0.2, -0.15) is 0 Å². The van der Waals surface area contributed by atoms with Gasteiger partial charge in [0.1, 0.15) is 24.4 Å². The van der Waals surface area contributed by atoms with E-state index in [1.54, 1.807) is 0 Å². The molecule has 0 radical (unpaired) electrons. The van der Waals surface area contributed by atoms with Gasteiger partial charge in [0.15, 0.2) is 12.3 Å². The first-order valence-corrected chi connectivity index (χ1v) is 7.84. The molecule has 1 aliphatic heterocycles. The fraction of sp³-hybridized carbons (Fsp3) is 0.571. The molecule has 1 aromatic heterocycles. The first kappa shape index (κ1) is 20.7. The zero-order valence-electron chi connectivity index (χ0n) is 14.1. The van der Waals surface area contributed by atoms with E-state index in [9.17, 15) is 39.6 Å². The number of aromatic amines is 1. The second kappa shape index (κ2) is 7.98. The van der Waals surface area contributed by atoms with Crippen LogP contribution in [-0.4, -0.2) is 78.4 Å². The monoisotopic (exact) mass is 388 g/mol. The predicted molar refractivity (Wildman–Crippen MR) is 86.5 cm³/mol. The molecule has 1 aromatic rings. The Bertz CT molecular complexity index is 819. The van der Waals surface area contributed by atoms with E-state index in [0.717, 1.165) is 16.8 Å². The molecular weight excluding hydrogens is 368 g/mol. The average Bonchev–Trinajstić information content (AvgIpc) is 2.87. The molecule has 8 N–H and O–H groups in total. The Morgan fingerprint density at radius 3 is 2.48 bits per heavy atom. The van der Waals surface area contributed by atoms with E-state index in [0.29, 0.717) is 0 Å². The van der Waals surface area contributed by atoms with Gasteiger partial charge in [-0.3, -0.25) is 19.1 Å². The van der Waals surface area contributed by atoms with Gasteiger partial charge in [0.25, 0.3) is 5.56 Å².